The first kappa shape index (κ1) is 30.5. The zero-order chi connectivity index (χ0) is 19.2. The Labute approximate surface area is 165 Å². The molecule has 0 rings (SSSR count). The van der Waals surface area contributed by atoms with E-state index >= 15 is 0 Å². The minimum Gasteiger partial charge on any atom is -0.545 e. The fraction of sp³-hybridized carbons (Fsp3) is 0.167. The first-order valence-electron chi connectivity index (χ1n) is 6.82. The Balaban J connectivity index is -0.000000130. The summed E-state index contributed by atoms with van der Waals surface area (Å²) in [5.74, 6) is -3.49. The van der Waals surface area contributed by atoms with Crippen LogP contribution in [-0.4, -0.2) is 42.3 Å². The van der Waals surface area contributed by atoms with E-state index in [2.05, 4.69) is 0 Å². The summed E-state index contributed by atoms with van der Waals surface area (Å²) in [5.41, 5.74) is 0. The largest absolute Gasteiger partial charge is 3.00 e. The number of carbonyl (C=O) groups is 3. The molecule has 0 aromatic rings. The van der Waals surface area contributed by atoms with Crippen molar-refractivity contribution < 1.29 is 29.7 Å². The summed E-state index contributed by atoms with van der Waals surface area (Å²) in [7, 11) is 0. The van der Waals surface area contributed by atoms with Gasteiger partial charge in [-0.2, -0.15) is 0 Å². The van der Waals surface area contributed by atoms with Crippen molar-refractivity contribution in [3.8, 4) is 0 Å². The second kappa shape index (κ2) is 26.6. The SMILES string of the molecule is C/C=C/C=C/C(=O)[O-].C/C=C/C=C/C(=O)[O-].C/C=C/C=C/C(=O)[O-].[Sb+3]. The third-order valence-electron chi connectivity index (χ3n) is 1.61. The molecule has 0 spiro atoms. The molecule has 0 aromatic heterocycles. The van der Waals surface area contributed by atoms with Gasteiger partial charge in [0.25, 0.3) is 0 Å². The average molecular weight is 455 g/mol. The Morgan fingerprint density at radius 3 is 0.840 bits per heavy atom. The Morgan fingerprint density at radius 2 is 0.720 bits per heavy atom. The van der Waals surface area contributed by atoms with Crippen molar-refractivity contribution in [2.24, 2.45) is 0 Å². The van der Waals surface area contributed by atoms with Crippen LogP contribution < -0.4 is 15.3 Å². The maximum absolute atomic E-state index is 9.64. The summed E-state index contributed by atoms with van der Waals surface area (Å²) in [6.45, 7) is 5.42. The van der Waals surface area contributed by atoms with E-state index in [1.54, 1.807) is 57.2 Å². The van der Waals surface area contributed by atoms with E-state index in [1.807, 2.05) is 0 Å². The Morgan fingerprint density at radius 1 is 0.520 bits per heavy atom. The monoisotopic (exact) mass is 454 g/mol. The van der Waals surface area contributed by atoms with Crippen LogP contribution in [0.2, 0.25) is 0 Å². The van der Waals surface area contributed by atoms with Crippen molar-refractivity contribution in [3.05, 3.63) is 72.9 Å². The standard InChI is InChI=1S/3C6H8O2.Sb/c3*1-2-3-4-5-6(7)8;/h3*2-5H,1H3,(H,7,8);/q;;;+3/p-3/b3*3-2+,5-4+;. The molecule has 0 atom stereocenters. The van der Waals surface area contributed by atoms with Crippen LogP contribution in [0.1, 0.15) is 20.8 Å². The van der Waals surface area contributed by atoms with Crippen molar-refractivity contribution >= 4 is 42.3 Å². The van der Waals surface area contributed by atoms with Gasteiger partial charge in [0, 0.05) is 0 Å². The number of carboxylic acids is 3. The average Bonchev–Trinajstić information content (AvgIpc) is 2.48. The Kier molecular flexibility index (Phi) is 32.4. The molecule has 0 aromatic carbocycles. The molecule has 0 aliphatic rings. The zero-order valence-corrected chi connectivity index (χ0v) is 16.9. The van der Waals surface area contributed by atoms with Gasteiger partial charge in [0.2, 0.25) is 0 Å². The molecule has 7 heteroatoms. The van der Waals surface area contributed by atoms with E-state index in [0.29, 0.717) is 0 Å². The number of aliphatic carboxylic acids is 3. The third-order valence-corrected chi connectivity index (χ3v) is 1.61. The third kappa shape index (κ3) is 52.2. The molecule has 0 aliphatic heterocycles. The molecule has 0 saturated heterocycles. The number of carbonyl (C=O) groups excluding carboxylic acids is 3. The van der Waals surface area contributed by atoms with Crippen molar-refractivity contribution in [1.82, 2.24) is 0 Å². The number of rotatable bonds is 6. The van der Waals surface area contributed by atoms with Gasteiger partial charge in [-0.05, 0) is 39.0 Å². The second-order valence-electron chi connectivity index (χ2n) is 3.61. The van der Waals surface area contributed by atoms with Gasteiger partial charge in [-0.3, -0.25) is 0 Å². The Hall–Kier alpha value is -2.33. The molecule has 0 unspecified atom stereocenters. The maximum atomic E-state index is 9.64. The molecule has 0 aliphatic carbocycles. The first-order chi connectivity index (χ1) is 11.3. The van der Waals surface area contributed by atoms with Crippen LogP contribution in [0.5, 0.6) is 0 Å². The van der Waals surface area contributed by atoms with Gasteiger partial charge in [0.15, 0.2) is 0 Å². The summed E-state index contributed by atoms with van der Waals surface area (Å²) in [6.07, 6.45) is 17.2. The van der Waals surface area contributed by atoms with Gasteiger partial charge >= 0.3 is 24.4 Å². The van der Waals surface area contributed by atoms with Gasteiger partial charge < -0.3 is 29.7 Å². The molecule has 0 fully saturated rings. The molecule has 134 valence electrons. The Bertz CT molecular complexity index is 450. The second-order valence-corrected chi connectivity index (χ2v) is 3.61. The van der Waals surface area contributed by atoms with Gasteiger partial charge in [-0.1, -0.05) is 54.7 Å². The molecule has 0 amide bonds. The smallest absolute Gasteiger partial charge is 0.545 e. The van der Waals surface area contributed by atoms with E-state index in [0.717, 1.165) is 18.2 Å². The van der Waals surface area contributed by atoms with Crippen molar-refractivity contribution in [2.75, 3.05) is 0 Å². The molecule has 0 N–H and O–H groups in total. The summed E-state index contributed by atoms with van der Waals surface area (Å²) < 4.78 is 0. The van der Waals surface area contributed by atoms with E-state index in [1.165, 1.54) is 18.2 Å². The number of hydrogen-bond acceptors (Lipinski definition) is 6. The van der Waals surface area contributed by atoms with E-state index in [4.69, 9.17) is 0 Å². The molecule has 0 saturated carbocycles. The normalized spacial score (nSPS) is 10.7. The van der Waals surface area contributed by atoms with Gasteiger partial charge in [0.05, 0.1) is 17.9 Å². The molecule has 2 radical (unpaired) electrons. The summed E-state index contributed by atoms with van der Waals surface area (Å²) in [6, 6.07) is 0. The maximum Gasteiger partial charge on any atom is 3.00 e. The topological polar surface area (TPSA) is 120 Å². The van der Waals surface area contributed by atoms with Crippen molar-refractivity contribution in [3.63, 3.8) is 0 Å². The van der Waals surface area contributed by atoms with Crippen LogP contribution >= 0.6 is 0 Å². The predicted molar refractivity (Wildman–Crippen MR) is 92.6 cm³/mol. The zero-order valence-electron chi connectivity index (χ0n) is 14.3. The van der Waals surface area contributed by atoms with Gasteiger partial charge in [-0.25, -0.2) is 0 Å². The van der Waals surface area contributed by atoms with Crippen LogP contribution in [0, 0.1) is 0 Å². The van der Waals surface area contributed by atoms with Crippen LogP contribution in [0.4, 0.5) is 0 Å². The van der Waals surface area contributed by atoms with E-state index in [-0.39, 0.29) is 24.4 Å². The van der Waals surface area contributed by atoms with Crippen LogP contribution in [0.15, 0.2) is 72.9 Å². The fourth-order valence-electron chi connectivity index (χ4n) is 0.736. The number of allylic oxidation sites excluding steroid dienone is 9. The number of carboxylic acid groups (broad SMARTS) is 3. The summed E-state index contributed by atoms with van der Waals surface area (Å²) in [5, 5.41) is 28.9. The number of hydrogen-bond donors (Lipinski definition) is 0. The molecular weight excluding hydrogens is 434 g/mol. The molecule has 0 bridgehead atoms. The molecular formula is C18H21O6Sb. The van der Waals surface area contributed by atoms with Gasteiger partial charge in [-0.15, -0.1) is 0 Å². The van der Waals surface area contributed by atoms with E-state index < -0.39 is 17.9 Å². The summed E-state index contributed by atoms with van der Waals surface area (Å²) in [4.78, 5) is 28.9. The van der Waals surface area contributed by atoms with Crippen LogP contribution in [-0.2, 0) is 14.4 Å². The predicted octanol–water partition coefficient (Wildman–Crippen LogP) is -0.775. The molecule has 25 heavy (non-hydrogen) atoms. The molecule has 0 heterocycles. The minimum atomic E-state index is -1.16. The van der Waals surface area contributed by atoms with Gasteiger partial charge in [0.1, 0.15) is 0 Å². The summed E-state index contributed by atoms with van der Waals surface area (Å²) >= 11 is 0. The first-order valence-corrected chi connectivity index (χ1v) is 6.82. The van der Waals surface area contributed by atoms with Crippen LogP contribution in [0.3, 0.4) is 0 Å². The fourth-order valence-corrected chi connectivity index (χ4v) is 0.736. The van der Waals surface area contributed by atoms with Crippen molar-refractivity contribution in [2.45, 2.75) is 20.8 Å². The van der Waals surface area contributed by atoms with Crippen LogP contribution in [0.25, 0.3) is 0 Å². The minimum absolute atomic E-state index is 0. The quantitative estimate of drug-likeness (QED) is 0.295. The van der Waals surface area contributed by atoms with E-state index in [9.17, 15) is 29.7 Å². The van der Waals surface area contributed by atoms with Crippen molar-refractivity contribution in [1.29, 1.82) is 0 Å². The molecule has 6 nitrogen and oxygen atoms in total.